The summed E-state index contributed by atoms with van der Waals surface area (Å²) >= 11 is 0. The summed E-state index contributed by atoms with van der Waals surface area (Å²) in [6.45, 7) is 0.168. The van der Waals surface area contributed by atoms with Crippen molar-refractivity contribution >= 4 is 15.8 Å². The van der Waals surface area contributed by atoms with E-state index >= 15 is 0 Å². The average molecular weight is 384 g/mol. The number of benzene rings is 1. The molecular weight excluding hydrogens is 366 g/mol. The Labute approximate surface area is 150 Å². The molecule has 0 aliphatic carbocycles. The second-order valence-electron chi connectivity index (χ2n) is 6.09. The van der Waals surface area contributed by atoms with Crippen molar-refractivity contribution in [1.82, 2.24) is 14.5 Å². The van der Waals surface area contributed by atoms with Crippen LogP contribution in [-0.4, -0.2) is 56.2 Å². The summed E-state index contributed by atoms with van der Waals surface area (Å²) in [7, 11) is -0.481. The van der Waals surface area contributed by atoms with E-state index in [0.717, 1.165) is 16.4 Å². The molecule has 2 heterocycles. The number of ether oxygens (including phenoxy) is 1. The highest BCUT2D eigenvalue weighted by atomic mass is 32.2. The van der Waals surface area contributed by atoms with Crippen molar-refractivity contribution in [2.24, 2.45) is 0 Å². The lowest BCUT2D eigenvalue weighted by Gasteiger charge is -2.17. The number of hydrogen-bond acceptors (Lipinski definition) is 6. The van der Waals surface area contributed by atoms with Crippen molar-refractivity contribution in [3.8, 4) is 5.88 Å². The second kappa shape index (κ2) is 7.12. The van der Waals surface area contributed by atoms with Crippen LogP contribution in [0.2, 0.25) is 0 Å². The highest BCUT2D eigenvalue weighted by Crippen LogP contribution is 2.25. The SMILES string of the molecule is CN(C)c1ccc(OC2CCN(S(=O)(=O)c3cc(F)ccc3F)C2)nn1. The maximum Gasteiger partial charge on any atom is 0.246 e. The smallest absolute Gasteiger partial charge is 0.246 e. The van der Waals surface area contributed by atoms with Crippen molar-refractivity contribution in [2.75, 3.05) is 32.1 Å². The van der Waals surface area contributed by atoms with E-state index in [0.29, 0.717) is 18.3 Å². The molecule has 1 aliphatic heterocycles. The molecule has 140 valence electrons. The molecule has 1 fully saturated rings. The Balaban J connectivity index is 1.70. The lowest BCUT2D eigenvalue weighted by Crippen LogP contribution is -2.31. The molecule has 1 aliphatic rings. The molecule has 1 aromatic carbocycles. The van der Waals surface area contributed by atoms with Crippen molar-refractivity contribution in [1.29, 1.82) is 0 Å². The van der Waals surface area contributed by atoms with E-state index in [1.807, 2.05) is 14.1 Å². The minimum Gasteiger partial charge on any atom is -0.472 e. The van der Waals surface area contributed by atoms with E-state index in [-0.39, 0.29) is 19.0 Å². The van der Waals surface area contributed by atoms with Crippen molar-refractivity contribution in [2.45, 2.75) is 17.4 Å². The van der Waals surface area contributed by atoms with Gasteiger partial charge in [0.2, 0.25) is 15.9 Å². The third-order valence-electron chi connectivity index (χ3n) is 3.99. The van der Waals surface area contributed by atoms with Crippen LogP contribution in [0, 0.1) is 11.6 Å². The van der Waals surface area contributed by atoms with Crippen LogP contribution in [-0.2, 0) is 10.0 Å². The van der Waals surface area contributed by atoms with Crippen LogP contribution >= 0.6 is 0 Å². The van der Waals surface area contributed by atoms with Gasteiger partial charge in [-0.05, 0) is 30.7 Å². The Morgan fingerprint density at radius 1 is 1.19 bits per heavy atom. The third kappa shape index (κ3) is 3.75. The highest BCUT2D eigenvalue weighted by molar-refractivity contribution is 7.89. The van der Waals surface area contributed by atoms with Crippen LogP contribution in [0.25, 0.3) is 0 Å². The number of hydrogen-bond donors (Lipinski definition) is 0. The number of anilines is 1. The third-order valence-corrected chi connectivity index (χ3v) is 5.87. The summed E-state index contributed by atoms with van der Waals surface area (Å²) < 4.78 is 59.0. The molecule has 0 amide bonds. The molecule has 26 heavy (non-hydrogen) atoms. The zero-order chi connectivity index (χ0) is 18.9. The molecule has 3 rings (SSSR count). The Bertz CT molecular complexity index is 891. The van der Waals surface area contributed by atoms with Gasteiger partial charge in [0.05, 0.1) is 6.54 Å². The zero-order valence-electron chi connectivity index (χ0n) is 14.3. The molecule has 7 nitrogen and oxygen atoms in total. The number of aromatic nitrogens is 2. The summed E-state index contributed by atoms with van der Waals surface area (Å²) in [5, 5.41) is 7.93. The van der Waals surface area contributed by atoms with Gasteiger partial charge in [-0.15, -0.1) is 10.2 Å². The molecule has 0 spiro atoms. The van der Waals surface area contributed by atoms with E-state index in [9.17, 15) is 17.2 Å². The molecule has 0 saturated carbocycles. The molecule has 1 unspecified atom stereocenters. The quantitative estimate of drug-likeness (QED) is 0.781. The van der Waals surface area contributed by atoms with Gasteiger partial charge in [-0.1, -0.05) is 0 Å². The van der Waals surface area contributed by atoms with Crippen LogP contribution in [0.15, 0.2) is 35.2 Å². The molecule has 0 N–H and O–H groups in total. The van der Waals surface area contributed by atoms with Gasteiger partial charge in [0.1, 0.15) is 22.6 Å². The van der Waals surface area contributed by atoms with Gasteiger partial charge in [0, 0.05) is 26.7 Å². The van der Waals surface area contributed by atoms with Gasteiger partial charge in [0.15, 0.2) is 5.82 Å². The fraction of sp³-hybridized carbons (Fsp3) is 0.375. The Morgan fingerprint density at radius 2 is 1.96 bits per heavy atom. The molecule has 1 saturated heterocycles. The first kappa shape index (κ1) is 18.5. The summed E-state index contributed by atoms with van der Waals surface area (Å²) in [5.41, 5.74) is 0. The largest absolute Gasteiger partial charge is 0.472 e. The molecular formula is C16H18F2N4O3S. The maximum absolute atomic E-state index is 13.8. The van der Waals surface area contributed by atoms with Gasteiger partial charge in [0.25, 0.3) is 0 Å². The van der Waals surface area contributed by atoms with E-state index in [2.05, 4.69) is 10.2 Å². The van der Waals surface area contributed by atoms with E-state index in [1.54, 1.807) is 17.0 Å². The summed E-state index contributed by atoms with van der Waals surface area (Å²) in [4.78, 5) is 1.11. The fourth-order valence-electron chi connectivity index (χ4n) is 2.61. The number of rotatable bonds is 5. The summed E-state index contributed by atoms with van der Waals surface area (Å²) in [6, 6.07) is 5.73. The van der Waals surface area contributed by atoms with Crippen molar-refractivity contribution in [3.05, 3.63) is 42.0 Å². The molecule has 10 heteroatoms. The molecule has 1 atom stereocenters. The Kier molecular flexibility index (Phi) is 5.05. The van der Waals surface area contributed by atoms with E-state index in [1.165, 1.54) is 0 Å². The number of halogens is 2. The molecule has 2 aromatic rings. The normalized spacial score (nSPS) is 18.1. The first-order valence-electron chi connectivity index (χ1n) is 7.90. The number of nitrogens with zero attached hydrogens (tertiary/aromatic N) is 4. The standard InChI is InChI=1S/C16H18F2N4O3S/c1-21(2)15-5-6-16(20-19-15)25-12-7-8-22(10-12)26(23,24)14-9-11(17)3-4-13(14)18/h3-6,9,12H,7-8,10H2,1-2H3. The van der Waals surface area contributed by atoms with Crippen LogP contribution in [0.1, 0.15) is 6.42 Å². The van der Waals surface area contributed by atoms with Crippen LogP contribution in [0.3, 0.4) is 0 Å². The van der Waals surface area contributed by atoms with Crippen molar-refractivity contribution < 1.29 is 21.9 Å². The average Bonchev–Trinajstić information content (AvgIpc) is 3.07. The summed E-state index contributed by atoms with van der Waals surface area (Å²) in [5.74, 6) is -0.861. The zero-order valence-corrected chi connectivity index (χ0v) is 15.1. The van der Waals surface area contributed by atoms with Crippen molar-refractivity contribution in [3.63, 3.8) is 0 Å². The van der Waals surface area contributed by atoms with Crippen LogP contribution < -0.4 is 9.64 Å². The molecule has 1 aromatic heterocycles. The van der Waals surface area contributed by atoms with Gasteiger partial charge >= 0.3 is 0 Å². The van der Waals surface area contributed by atoms with Crippen LogP contribution in [0.5, 0.6) is 5.88 Å². The van der Waals surface area contributed by atoms with E-state index < -0.39 is 32.7 Å². The Morgan fingerprint density at radius 3 is 2.62 bits per heavy atom. The number of sulfonamides is 1. The molecule has 0 bridgehead atoms. The molecule has 0 radical (unpaired) electrons. The minimum absolute atomic E-state index is 0.0232. The Hall–Kier alpha value is -2.33. The van der Waals surface area contributed by atoms with E-state index in [4.69, 9.17) is 4.74 Å². The highest BCUT2D eigenvalue weighted by Gasteiger charge is 2.35. The predicted molar refractivity (Wildman–Crippen MR) is 90.5 cm³/mol. The van der Waals surface area contributed by atoms with Gasteiger partial charge < -0.3 is 9.64 Å². The minimum atomic E-state index is -4.14. The first-order chi connectivity index (χ1) is 12.3. The lowest BCUT2D eigenvalue weighted by atomic mass is 10.3. The second-order valence-corrected chi connectivity index (χ2v) is 8.00. The van der Waals surface area contributed by atoms with Gasteiger partial charge in [-0.25, -0.2) is 17.2 Å². The topological polar surface area (TPSA) is 75.6 Å². The summed E-state index contributed by atoms with van der Waals surface area (Å²) in [6.07, 6.45) is -0.0336. The van der Waals surface area contributed by atoms with Gasteiger partial charge in [-0.2, -0.15) is 4.31 Å². The monoisotopic (exact) mass is 384 g/mol. The first-order valence-corrected chi connectivity index (χ1v) is 9.34. The fourth-order valence-corrected chi connectivity index (χ4v) is 4.17. The van der Waals surface area contributed by atoms with Gasteiger partial charge in [-0.3, -0.25) is 0 Å². The lowest BCUT2D eigenvalue weighted by molar-refractivity contribution is 0.204. The predicted octanol–water partition coefficient (Wildman–Crippen LogP) is 1.66. The van der Waals surface area contributed by atoms with Crippen LogP contribution in [0.4, 0.5) is 14.6 Å². The maximum atomic E-state index is 13.8.